The number of carboxylic acid groups (broad SMARTS) is 1. The summed E-state index contributed by atoms with van der Waals surface area (Å²) < 4.78 is 22.8. The lowest BCUT2D eigenvalue weighted by molar-refractivity contribution is -0.147. The van der Waals surface area contributed by atoms with Crippen LogP contribution in [0.3, 0.4) is 0 Å². The van der Waals surface area contributed by atoms with Crippen LogP contribution in [0.15, 0.2) is 0 Å². The van der Waals surface area contributed by atoms with E-state index in [1.807, 2.05) is 0 Å². The molecule has 11 heavy (non-hydrogen) atoms. The Labute approximate surface area is 70.1 Å². The minimum absolute atomic E-state index is 0.227. The number of hydrogen-bond donors (Lipinski definition) is 4. The molecule has 0 atom stereocenters. The van der Waals surface area contributed by atoms with Crippen molar-refractivity contribution in [3.8, 4) is 0 Å². The quantitative estimate of drug-likeness (QED) is 0.266. The van der Waals surface area contributed by atoms with Crippen molar-refractivity contribution in [3.05, 3.63) is 0 Å². The molecule has 0 aromatic heterocycles. The topological polar surface area (TPSA) is 112 Å². The third-order valence-electron chi connectivity index (χ3n) is 0.382. The van der Waals surface area contributed by atoms with Gasteiger partial charge in [0.05, 0.1) is 5.75 Å². The molecule has 0 amide bonds. The smallest absolute Gasteiger partial charge is 0.373 e. The zero-order chi connectivity index (χ0) is 9.44. The van der Waals surface area contributed by atoms with Gasteiger partial charge in [-0.1, -0.05) is 0 Å². The number of thiol groups is 1. The van der Waals surface area contributed by atoms with Crippen molar-refractivity contribution in [1.29, 1.82) is 0 Å². The van der Waals surface area contributed by atoms with Crippen molar-refractivity contribution in [2.45, 2.75) is 0 Å². The molecule has 6 nitrogen and oxygen atoms in total. The van der Waals surface area contributed by atoms with Crippen LogP contribution in [-0.2, 0) is 21.0 Å². The summed E-state index contributed by atoms with van der Waals surface area (Å²) in [5.41, 5.74) is 0. The lowest BCUT2D eigenvalue weighted by Gasteiger charge is -1.80. The third kappa shape index (κ3) is 17.7. The Morgan fingerprint density at radius 3 is 1.64 bits per heavy atom. The van der Waals surface area contributed by atoms with E-state index in [-0.39, 0.29) is 5.75 Å². The molecule has 0 bridgehead atoms. The molecule has 0 saturated carbocycles. The number of carboxylic acids is 1. The van der Waals surface area contributed by atoms with Gasteiger partial charge in [-0.05, 0) is 0 Å². The molecule has 0 rings (SSSR count). The van der Waals surface area contributed by atoms with Crippen LogP contribution in [-0.4, -0.2) is 35.9 Å². The fourth-order valence-corrected chi connectivity index (χ4v) is 0.203. The van der Waals surface area contributed by atoms with Crippen molar-refractivity contribution in [1.82, 2.24) is 0 Å². The molecule has 0 fully saturated rings. The van der Waals surface area contributed by atoms with Gasteiger partial charge < -0.3 is 5.11 Å². The van der Waals surface area contributed by atoms with E-state index < -0.39 is 23.1 Å². The average molecular weight is 202 g/mol. The first kappa shape index (κ1) is 13.2. The van der Waals surface area contributed by atoms with Crippen LogP contribution in [0.1, 0.15) is 0 Å². The van der Waals surface area contributed by atoms with Crippen LogP contribution in [0, 0.1) is 0 Å². The summed E-state index contributed by atoms with van der Waals surface area (Å²) in [6, 6.07) is 0. The molecular formula is C3H6O6S2. The molecule has 0 aliphatic heterocycles. The minimum atomic E-state index is -2.61. The number of carbonyl (C=O) groups excluding carboxylic acids is 1. The number of rotatable bonds is 2. The van der Waals surface area contributed by atoms with Gasteiger partial charge in [-0.15, -0.1) is 0 Å². The molecule has 0 saturated heterocycles. The van der Waals surface area contributed by atoms with Crippen molar-refractivity contribution in [2.24, 2.45) is 0 Å². The first-order valence-electron chi connectivity index (χ1n) is 2.08. The molecule has 0 aromatic carbocycles. The van der Waals surface area contributed by atoms with Gasteiger partial charge >= 0.3 is 5.97 Å². The number of hydrogen-bond acceptors (Lipinski definition) is 4. The maximum absolute atomic E-state index is 9.84. The molecular weight excluding hydrogens is 196 g/mol. The number of aliphatic carboxylic acids is 1. The maximum atomic E-state index is 9.84. The Morgan fingerprint density at radius 1 is 1.36 bits per heavy atom. The molecule has 0 heterocycles. The van der Waals surface area contributed by atoms with Crippen LogP contribution in [0.5, 0.6) is 0 Å². The monoisotopic (exact) mass is 202 g/mol. The van der Waals surface area contributed by atoms with Crippen molar-refractivity contribution < 1.29 is 28.0 Å². The number of carbonyl (C=O) groups is 2. The highest BCUT2D eigenvalue weighted by atomic mass is 32.2. The van der Waals surface area contributed by atoms with E-state index in [0.717, 1.165) is 0 Å². The van der Waals surface area contributed by atoms with E-state index in [1.54, 1.807) is 0 Å². The van der Waals surface area contributed by atoms with Gasteiger partial charge in [-0.3, -0.25) is 13.9 Å². The first-order chi connectivity index (χ1) is 4.91. The summed E-state index contributed by atoms with van der Waals surface area (Å²) in [5.74, 6) is -2.52. The van der Waals surface area contributed by atoms with E-state index in [1.165, 1.54) is 0 Å². The third-order valence-corrected chi connectivity index (χ3v) is 0.669. The van der Waals surface area contributed by atoms with Gasteiger partial charge in [-0.2, -0.15) is 16.8 Å². The van der Waals surface area contributed by atoms with Gasteiger partial charge in [0.1, 0.15) is 0 Å². The van der Waals surface area contributed by atoms with Gasteiger partial charge in [0.2, 0.25) is 5.78 Å². The molecule has 0 radical (unpaired) electrons. The van der Waals surface area contributed by atoms with Crippen LogP contribution in [0.4, 0.5) is 0 Å². The van der Waals surface area contributed by atoms with E-state index in [9.17, 15) is 9.59 Å². The molecule has 0 aromatic rings. The second-order valence-corrected chi connectivity index (χ2v) is 1.89. The van der Waals surface area contributed by atoms with Crippen LogP contribution < -0.4 is 0 Å². The Bertz CT molecular complexity index is 161. The van der Waals surface area contributed by atoms with Crippen molar-refractivity contribution >= 4 is 35.7 Å². The Hall–Kier alpha value is -0.440. The lowest BCUT2D eigenvalue weighted by atomic mass is 10.5. The van der Waals surface area contributed by atoms with E-state index in [4.69, 9.17) is 18.4 Å². The number of ketones is 1. The lowest BCUT2D eigenvalue weighted by Crippen LogP contribution is -2.12. The zero-order valence-electron chi connectivity index (χ0n) is 5.13. The van der Waals surface area contributed by atoms with Gasteiger partial charge in [0.25, 0.3) is 11.4 Å². The van der Waals surface area contributed by atoms with Gasteiger partial charge in [0.15, 0.2) is 0 Å². The predicted octanol–water partition coefficient (Wildman–Crippen LogP) is -0.749. The zero-order valence-corrected chi connectivity index (χ0v) is 6.84. The van der Waals surface area contributed by atoms with Crippen LogP contribution >= 0.6 is 12.6 Å². The molecule has 66 valence electrons. The molecule has 3 N–H and O–H groups in total. The Kier molecular flexibility index (Phi) is 9.18. The highest BCUT2D eigenvalue weighted by Crippen LogP contribution is 1.75. The Balaban J connectivity index is 0. The van der Waals surface area contributed by atoms with Gasteiger partial charge in [0, 0.05) is 0 Å². The SMILES string of the molecule is O=C(O)C(=O)CS.O=S(O)O. The summed E-state index contributed by atoms with van der Waals surface area (Å²) in [5, 5.41) is 7.78. The standard InChI is InChI=1S/C3H4O3S.H2O3S/c4-2(1-7)3(5)6;1-4(2)3/h7H,1H2,(H,5,6);(H2,1,2,3). The summed E-state index contributed by atoms with van der Waals surface area (Å²) in [6.45, 7) is 0. The van der Waals surface area contributed by atoms with Crippen LogP contribution in [0.2, 0.25) is 0 Å². The molecule has 0 aliphatic carbocycles. The highest BCUT2D eigenvalue weighted by molar-refractivity contribution is 7.81. The first-order valence-corrected chi connectivity index (χ1v) is 3.78. The second-order valence-electron chi connectivity index (χ2n) is 1.12. The van der Waals surface area contributed by atoms with Crippen LogP contribution in [0.25, 0.3) is 0 Å². The number of Topliss-reactive ketones (excluding diaryl/α,β-unsaturated/α-hetero) is 1. The minimum Gasteiger partial charge on any atom is -0.475 e. The van der Waals surface area contributed by atoms with Gasteiger partial charge in [-0.25, -0.2) is 4.79 Å². The van der Waals surface area contributed by atoms with Crippen molar-refractivity contribution in [2.75, 3.05) is 5.75 Å². The fraction of sp³-hybridized carbons (Fsp3) is 0.333. The summed E-state index contributed by atoms with van der Waals surface area (Å²) in [7, 11) is 0. The maximum Gasteiger partial charge on any atom is 0.373 e. The highest BCUT2D eigenvalue weighted by Gasteiger charge is 2.05. The molecule has 0 spiro atoms. The second kappa shape index (κ2) is 7.66. The summed E-state index contributed by atoms with van der Waals surface area (Å²) in [4.78, 5) is 19.4. The summed E-state index contributed by atoms with van der Waals surface area (Å²) >= 11 is 0.813. The van der Waals surface area contributed by atoms with E-state index in [0.29, 0.717) is 0 Å². The summed E-state index contributed by atoms with van der Waals surface area (Å²) in [6.07, 6.45) is 0. The molecule has 8 heteroatoms. The molecule has 0 aliphatic rings. The van der Waals surface area contributed by atoms with Crippen molar-refractivity contribution in [3.63, 3.8) is 0 Å². The fourth-order valence-electron chi connectivity index (χ4n) is 0.0676. The normalized spacial score (nSPS) is 8.36. The average Bonchev–Trinajstić information content (AvgIpc) is 1.85. The van der Waals surface area contributed by atoms with E-state index in [2.05, 4.69) is 12.6 Å². The molecule has 0 unspecified atom stereocenters. The van der Waals surface area contributed by atoms with E-state index >= 15 is 0 Å². The Morgan fingerprint density at radius 2 is 1.64 bits per heavy atom. The largest absolute Gasteiger partial charge is 0.475 e. The predicted molar refractivity (Wildman–Crippen MR) is 39.9 cm³/mol.